The van der Waals surface area contributed by atoms with Gasteiger partial charge in [-0.3, -0.25) is 4.72 Å². The molecule has 0 saturated carbocycles. The van der Waals surface area contributed by atoms with Crippen LogP contribution in [-0.4, -0.2) is 8.42 Å². The summed E-state index contributed by atoms with van der Waals surface area (Å²) in [6.07, 6.45) is 0. The van der Waals surface area contributed by atoms with E-state index in [0.717, 1.165) is 16.7 Å². The molecule has 122 valence electrons. The second-order valence-electron chi connectivity index (χ2n) is 5.59. The van der Waals surface area contributed by atoms with Crippen molar-refractivity contribution in [2.45, 2.75) is 11.8 Å². The maximum Gasteiger partial charge on any atom is 0.261 e. The van der Waals surface area contributed by atoms with Crippen molar-refractivity contribution in [2.24, 2.45) is 0 Å². The van der Waals surface area contributed by atoms with Crippen molar-refractivity contribution in [1.82, 2.24) is 0 Å². The van der Waals surface area contributed by atoms with Crippen molar-refractivity contribution in [3.05, 3.63) is 78.4 Å². The van der Waals surface area contributed by atoms with Crippen molar-refractivity contribution in [1.29, 1.82) is 0 Å². The molecule has 0 aromatic heterocycles. The van der Waals surface area contributed by atoms with Crippen LogP contribution in [0.4, 0.5) is 11.4 Å². The summed E-state index contributed by atoms with van der Waals surface area (Å²) in [4.78, 5) is 0.228. The quantitative estimate of drug-likeness (QED) is 0.705. The number of hydrogen-bond donors (Lipinski definition) is 2. The van der Waals surface area contributed by atoms with Crippen LogP contribution >= 0.6 is 0 Å². The first-order valence-electron chi connectivity index (χ1n) is 7.50. The zero-order valence-corrected chi connectivity index (χ0v) is 14.0. The van der Waals surface area contributed by atoms with Gasteiger partial charge in [0, 0.05) is 16.9 Å². The molecule has 0 atom stereocenters. The number of nitrogen functional groups attached to an aromatic ring is 1. The molecule has 0 aliphatic rings. The van der Waals surface area contributed by atoms with Crippen molar-refractivity contribution >= 4 is 21.4 Å². The van der Waals surface area contributed by atoms with Crippen LogP contribution in [0.2, 0.25) is 0 Å². The Hall–Kier alpha value is -2.79. The first-order valence-corrected chi connectivity index (χ1v) is 8.98. The van der Waals surface area contributed by atoms with Gasteiger partial charge in [-0.1, -0.05) is 48.0 Å². The fourth-order valence-electron chi connectivity index (χ4n) is 2.42. The summed E-state index contributed by atoms with van der Waals surface area (Å²) in [6, 6.07) is 21.5. The molecule has 0 aliphatic heterocycles. The number of aryl methyl sites for hydroxylation is 1. The summed E-state index contributed by atoms with van der Waals surface area (Å²) in [5, 5.41) is 0. The van der Waals surface area contributed by atoms with Gasteiger partial charge in [-0.05, 0) is 42.8 Å². The van der Waals surface area contributed by atoms with Gasteiger partial charge in [-0.15, -0.1) is 0 Å². The van der Waals surface area contributed by atoms with E-state index in [1.165, 1.54) is 0 Å². The van der Waals surface area contributed by atoms with Crippen molar-refractivity contribution in [3.63, 3.8) is 0 Å². The summed E-state index contributed by atoms with van der Waals surface area (Å²) in [6.45, 7) is 1.91. The Balaban J connectivity index is 1.95. The normalized spacial score (nSPS) is 11.2. The van der Waals surface area contributed by atoms with Crippen LogP contribution in [0.15, 0.2) is 77.7 Å². The minimum atomic E-state index is -3.63. The van der Waals surface area contributed by atoms with E-state index in [0.29, 0.717) is 11.4 Å². The number of sulfonamides is 1. The van der Waals surface area contributed by atoms with Gasteiger partial charge in [0.05, 0.1) is 4.90 Å². The highest BCUT2D eigenvalue weighted by Gasteiger charge is 2.14. The Morgan fingerprint density at radius 1 is 0.875 bits per heavy atom. The molecule has 5 heteroatoms. The van der Waals surface area contributed by atoms with E-state index in [1.54, 1.807) is 42.5 Å². The van der Waals surface area contributed by atoms with Gasteiger partial charge in [-0.2, -0.15) is 0 Å². The molecule has 3 aromatic rings. The lowest BCUT2D eigenvalue weighted by molar-refractivity contribution is 0.601. The maximum absolute atomic E-state index is 12.5. The standard InChI is InChI=1S/C19H18N2O2S/c1-14-7-10-17(11-8-14)24(22,23)21-16-9-12-19(20)18(13-16)15-5-3-2-4-6-15/h2-13,21H,20H2,1H3. The number of nitrogens with two attached hydrogens (primary N) is 1. The molecule has 0 heterocycles. The minimum absolute atomic E-state index is 0.228. The van der Waals surface area contributed by atoms with Crippen LogP contribution in [0.5, 0.6) is 0 Å². The lowest BCUT2D eigenvalue weighted by Crippen LogP contribution is -2.13. The Morgan fingerprint density at radius 3 is 2.21 bits per heavy atom. The molecular formula is C19H18N2O2S. The van der Waals surface area contributed by atoms with Gasteiger partial charge in [0.25, 0.3) is 10.0 Å². The number of nitrogens with one attached hydrogen (secondary N) is 1. The lowest BCUT2D eigenvalue weighted by atomic mass is 10.0. The molecule has 4 nitrogen and oxygen atoms in total. The highest BCUT2D eigenvalue weighted by molar-refractivity contribution is 7.92. The zero-order chi connectivity index (χ0) is 17.2. The lowest BCUT2D eigenvalue weighted by Gasteiger charge is -2.12. The number of benzene rings is 3. The Morgan fingerprint density at radius 2 is 1.54 bits per heavy atom. The third-order valence-electron chi connectivity index (χ3n) is 3.72. The van der Waals surface area contributed by atoms with Crippen LogP contribution in [0.25, 0.3) is 11.1 Å². The van der Waals surface area contributed by atoms with E-state index < -0.39 is 10.0 Å². The van der Waals surface area contributed by atoms with Crippen LogP contribution in [0.1, 0.15) is 5.56 Å². The maximum atomic E-state index is 12.5. The van der Waals surface area contributed by atoms with Crippen LogP contribution in [0, 0.1) is 6.92 Å². The summed E-state index contributed by atoms with van der Waals surface area (Å²) in [7, 11) is -3.63. The van der Waals surface area contributed by atoms with Crippen LogP contribution in [-0.2, 0) is 10.0 Å². The fourth-order valence-corrected chi connectivity index (χ4v) is 3.47. The van der Waals surface area contributed by atoms with E-state index in [4.69, 9.17) is 5.73 Å². The Kier molecular flexibility index (Phi) is 4.27. The van der Waals surface area contributed by atoms with Crippen LogP contribution < -0.4 is 10.5 Å². The van der Waals surface area contributed by atoms with Gasteiger partial charge in [0.15, 0.2) is 0 Å². The van der Waals surface area contributed by atoms with E-state index in [1.807, 2.05) is 37.3 Å². The van der Waals surface area contributed by atoms with Crippen molar-refractivity contribution < 1.29 is 8.42 Å². The average molecular weight is 338 g/mol. The topological polar surface area (TPSA) is 72.2 Å². The molecule has 0 unspecified atom stereocenters. The largest absolute Gasteiger partial charge is 0.398 e. The molecule has 0 saturated heterocycles. The first-order chi connectivity index (χ1) is 11.5. The molecule has 3 aromatic carbocycles. The Labute approximate surface area is 142 Å². The third-order valence-corrected chi connectivity index (χ3v) is 5.12. The highest BCUT2D eigenvalue weighted by Crippen LogP contribution is 2.29. The predicted octanol–water partition coefficient (Wildman–Crippen LogP) is 4.05. The van der Waals surface area contributed by atoms with Crippen molar-refractivity contribution in [3.8, 4) is 11.1 Å². The molecule has 0 amide bonds. The molecule has 0 radical (unpaired) electrons. The second kappa shape index (κ2) is 6.37. The molecule has 24 heavy (non-hydrogen) atoms. The third kappa shape index (κ3) is 3.41. The van der Waals surface area contributed by atoms with E-state index in [2.05, 4.69) is 4.72 Å². The SMILES string of the molecule is Cc1ccc(S(=O)(=O)Nc2ccc(N)c(-c3ccccc3)c2)cc1. The van der Waals surface area contributed by atoms with Crippen molar-refractivity contribution in [2.75, 3.05) is 10.5 Å². The first kappa shape index (κ1) is 16.1. The number of anilines is 2. The molecular weight excluding hydrogens is 320 g/mol. The smallest absolute Gasteiger partial charge is 0.261 e. The zero-order valence-electron chi connectivity index (χ0n) is 13.2. The molecule has 3 N–H and O–H groups in total. The highest BCUT2D eigenvalue weighted by atomic mass is 32.2. The van der Waals surface area contributed by atoms with Gasteiger partial charge in [-0.25, -0.2) is 8.42 Å². The van der Waals surface area contributed by atoms with Gasteiger partial charge in [0.2, 0.25) is 0 Å². The summed E-state index contributed by atoms with van der Waals surface area (Å²) < 4.78 is 27.6. The molecule has 3 rings (SSSR count). The summed E-state index contributed by atoms with van der Waals surface area (Å²) in [5.41, 5.74) is 9.84. The minimum Gasteiger partial charge on any atom is -0.398 e. The predicted molar refractivity (Wildman–Crippen MR) is 98.3 cm³/mol. The summed E-state index contributed by atoms with van der Waals surface area (Å²) >= 11 is 0. The Bertz CT molecular complexity index is 950. The monoisotopic (exact) mass is 338 g/mol. The summed E-state index contributed by atoms with van der Waals surface area (Å²) in [5.74, 6) is 0. The van der Waals surface area contributed by atoms with Gasteiger partial charge < -0.3 is 5.73 Å². The van der Waals surface area contributed by atoms with E-state index >= 15 is 0 Å². The van der Waals surface area contributed by atoms with Crippen LogP contribution in [0.3, 0.4) is 0 Å². The molecule has 0 aliphatic carbocycles. The van der Waals surface area contributed by atoms with E-state index in [-0.39, 0.29) is 4.90 Å². The average Bonchev–Trinajstić information content (AvgIpc) is 2.57. The number of hydrogen-bond acceptors (Lipinski definition) is 3. The van der Waals surface area contributed by atoms with E-state index in [9.17, 15) is 8.42 Å². The molecule has 0 bridgehead atoms. The van der Waals surface area contributed by atoms with Gasteiger partial charge in [0.1, 0.15) is 0 Å². The second-order valence-corrected chi connectivity index (χ2v) is 7.27. The fraction of sp³-hybridized carbons (Fsp3) is 0.0526. The molecule has 0 spiro atoms. The number of rotatable bonds is 4. The molecule has 0 fully saturated rings. The van der Waals surface area contributed by atoms with Gasteiger partial charge >= 0.3 is 0 Å².